The highest BCUT2D eigenvalue weighted by atomic mass is 127. The minimum atomic E-state index is -0.337. The monoisotopic (exact) mass is 356 g/mol. The lowest BCUT2D eigenvalue weighted by molar-refractivity contribution is 0.00578. The molecule has 1 aliphatic heterocycles. The Kier molecular flexibility index (Phi) is 5.08. The second-order valence-electron chi connectivity index (χ2n) is 4.70. The van der Waals surface area contributed by atoms with Crippen molar-refractivity contribution in [3.63, 3.8) is 0 Å². The predicted molar refractivity (Wildman–Crippen MR) is 78.7 cm³/mol. The summed E-state index contributed by atoms with van der Waals surface area (Å²) >= 11 is 2.27. The quantitative estimate of drug-likeness (QED) is 0.460. The highest BCUT2D eigenvalue weighted by Crippen LogP contribution is 2.38. The van der Waals surface area contributed by atoms with Crippen molar-refractivity contribution in [2.45, 2.75) is 38.9 Å². The van der Waals surface area contributed by atoms with Gasteiger partial charge in [-0.2, -0.15) is 0 Å². The van der Waals surface area contributed by atoms with Crippen molar-refractivity contribution in [1.29, 1.82) is 0 Å². The number of halogens is 1. The Bertz CT molecular complexity index is 271. The zero-order valence-corrected chi connectivity index (χ0v) is 13.3. The summed E-state index contributed by atoms with van der Waals surface area (Å²) in [5.41, 5.74) is 5.85. The number of nitrogens with one attached hydrogen (secondary N) is 1. The molecule has 1 rings (SSSR count). The Labute approximate surface area is 113 Å². The molecule has 0 aliphatic carbocycles. The van der Waals surface area contributed by atoms with Gasteiger partial charge in [-0.15, -0.1) is 0 Å². The van der Waals surface area contributed by atoms with Crippen LogP contribution in [0.15, 0.2) is 11.7 Å². The topological polar surface area (TPSA) is 56.5 Å². The van der Waals surface area contributed by atoms with E-state index in [9.17, 15) is 0 Å². The lowest BCUT2D eigenvalue weighted by Gasteiger charge is -2.32. The van der Waals surface area contributed by atoms with Crippen LogP contribution in [0.3, 0.4) is 0 Å². The van der Waals surface area contributed by atoms with Gasteiger partial charge in [0.05, 0.1) is 11.2 Å². The smallest absolute Gasteiger partial charge is 0.398 e. The van der Waals surface area contributed by atoms with Crippen LogP contribution < -0.4 is 10.8 Å². The lowest BCUT2D eigenvalue weighted by atomic mass is 9.85. The Morgan fingerprint density at radius 2 is 1.88 bits per heavy atom. The van der Waals surface area contributed by atoms with Gasteiger partial charge >= 0.3 is 7.12 Å². The molecule has 0 spiro atoms. The Balaban J connectivity index is 2.80. The molecule has 1 saturated heterocycles. The van der Waals surface area contributed by atoms with E-state index in [4.69, 9.17) is 15.0 Å². The molecule has 0 amide bonds. The molecule has 16 heavy (non-hydrogen) atoms. The van der Waals surface area contributed by atoms with Crippen LogP contribution in [-0.2, 0) is 9.31 Å². The summed E-state index contributed by atoms with van der Waals surface area (Å²) in [7, 11) is -0.337. The molecular weight excluding hydrogens is 337 g/mol. The van der Waals surface area contributed by atoms with E-state index in [0.717, 1.165) is 5.60 Å². The zero-order chi connectivity index (χ0) is 12.4. The van der Waals surface area contributed by atoms with Crippen molar-refractivity contribution in [3.8, 4) is 0 Å². The van der Waals surface area contributed by atoms with Crippen molar-refractivity contribution >= 4 is 35.5 Å². The van der Waals surface area contributed by atoms with Gasteiger partial charge in [0, 0.05) is 18.5 Å². The van der Waals surface area contributed by atoms with Gasteiger partial charge in [-0.3, -0.25) is 0 Å². The molecule has 1 atom stereocenters. The molecule has 1 fully saturated rings. The predicted octanol–water partition coefficient (Wildman–Crippen LogP) is 1.99. The van der Waals surface area contributed by atoms with Gasteiger partial charge < -0.3 is 20.1 Å². The van der Waals surface area contributed by atoms with Gasteiger partial charge in [0.25, 0.3) is 0 Å². The molecule has 4 nitrogen and oxygen atoms in total. The molecule has 7 heteroatoms. The van der Waals surface area contributed by atoms with Crippen molar-refractivity contribution in [1.82, 2.24) is 5.09 Å². The maximum Gasteiger partial charge on any atom is 0.511 e. The summed E-state index contributed by atoms with van der Waals surface area (Å²) in [6.07, 6.45) is 2.49. The average Bonchev–Trinajstić information content (AvgIpc) is 2.36. The van der Waals surface area contributed by atoms with E-state index in [1.165, 1.54) is 0 Å². The molecule has 0 aromatic rings. The summed E-state index contributed by atoms with van der Waals surface area (Å²) in [5.74, 6) is 0. The molecule has 0 aromatic heterocycles. The van der Waals surface area contributed by atoms with Crippen LogP contribution in [0.4, 0.5) is 0 Å². The molecule has 92 valence electrons. The Morgan fingerprint density at radius 1 is 1.38 bits per heavy atom. The van der Waals surface area contributed by atoms with Gasteiger partial charge in [-0.05, 0) is 49.7 Å². The lowest BCUT2D eigenvalue weighted by Crippen LogP contribution is -2.41. The fraction of sp³-hybridized carbons (Fsp3) is 0.778. The maximum absolute atomic E-state index is 5.92. The summed E-state index contributed by atoms with van der Waals surface area (Å²) in [6.45, 7) is 8.64. The van der Waals surface area contributed by atoms with Crippen molar-refractivity contribution < 1.29 is 9.31 Å². The summed E-state index contributed by atoms with van der Waals surface area (Å²) in [5, 5.41) is 3.25. The first-order valence-electron chi connectivity index (χ1n) is 5.21. The largest absolute Gasteiger partial charge is 0.511 e. The molecule has 1 unspecified atom stereocenters. The number of hydrogen-bond acceptors (Lipinski definition) is 4. The van der Waals surface area contributed by atoms with E-state index in [-0.39, 0.29) is 18.3 Å². The first-order valence-corrected chi connectivity index (χ1v) is 9.33. The minimum Gasteiger partial charge on any atom is -0.398 e. The van der Waals surface area contributed by atoms with Gasteiger partial charge in [0.1, 0.15) is 0 Å². The summed E-state index contributed by atoms with van der Waals surface area (Å²) in [4.78, 5) is 0. The van der Waals surface area contributed by atoms with Crippen LogP contribution >= 0.6 is 28.4 Å². The van der Waals surface area contributed by atoms with Crippen LogP contribution in [0.1, 0.15) is 27.7 Å². The third kappa shape index (κ3) is 3.10. The second-order valence-corrected chi connectivity index (χ2v) is 6.76. The number of rotatable bonds is 4. The first-order chi connectivity index (χ1) is 7.34. The Morgan fingerprint density at radius 3 is 2.25 bits per heavy atom. The molecule has 1 aliphatic rings. The molecule has 0 saturated carbocycles. The van der Waals surface area contributed by atoms with Crippen LogP contribution in [0.2, 0.25) is 0 Å². The van der Waals surface area contributed by atoms with E-state index < -0.39 is 0 Å². The SMILES string of the molecule is CC1(C)OB(/C(=C/CN)NPI)OC1(C)C. The normalized spacial score (nSPS) is 24.4. The molecule has 0 aromatic carbocycles. The van der Waals surface area contributed by atoms with Crippen LogP contribution in [-0.4, -0.2) is 24.9 Å². The molecule has 0 radical (unpaired) electrons. The standard InChI is InChI=1S/C9H19BIN2O2P/c1-8(2)9(3,4)15-10(14-8)7(5-6-12)13-16-11/h5,13,16H,6,12H2,1-4H3/b7-5-. The van der Waals surface area contributed by atoms with Gasteiger partial charge in [-0.1, -0.05) is 6.08 Å². The van der Waals surface area contributed by atoms with Crippen molar-refractivity contribution in [3.05, 3.63) is 11.7 Å². The van der Waals surface area contributed by atoms with E-state index >= 15 is 0 Å². The molecule has 3 N–H and O–H groups in total. The fourth-order valence-electron chi connectivity index (χ4n) is 1.36. The first kappa shape index (κ1) is 14.7. The molecule has 1 heterocycles. The Hall–Kier alpha value is 0.645. The van der Waals surface area contributed by atoms with E-state index in [2.05, 4.69) is 27.1 Å². The van der Waals surface area contributed by atoms with Crippen molar-refractivity contribution in [2.75, 3.05) is 6.54 Å². The fourth-order valence-corrected chi connectivity index (χ4v) is 2.62. The highest BCUT2D eigenvalue weighted by Gasteiger charge is 2.52. The van der Waals surface area contributed by atoms with Gasteiger partial charge in [0.2, 0.25) is 0 Å². The molecular formula is C9H19BIN2O2P. The van der Waals surface area contributed by atoms with E-state index in [0.29, 0.717) is 12.9 Å². The van der Waals surface area contributed by atoms with Gasteiger partial charge in [0.15, 0.2) is 0 Å². The third-order valence-electron chi connectivity index (χ3n) is 3.04. The molecule has 0 bridgehead atoms. The highest BCUT2D eigenvalue weighted by molar-refractivity contribution is 14.2. The zero-order valence-electron chi connectivity index (χ0n) is 10.1. The van der Waals surface area contributed by atoms with E-state index in [1.54, 1.807) is 0 Å². The van der Waals surface area contributed by atoms with Crippen LogP contribution in [0.25, 0.3) is 0 Å². The maximum atomic E-state index is 5.92. The summed E-state index contributed by atoms with van der Waals surface area (Å²) < 4.78 is 11.8. The summed E-state index contributed by atoms with van der Waals surface area (Å²) in [6, 6.07) is 0. The van der Waals surface area contributed by atoms with Crippen molar-refractivity contribution in [2.24, 2.45) is 5.73 Å². The van der Waals surface area contributed by atoms with Crippen LogP contribution in [0.5, 0.6) is 0 Å². The van der Waals surface area contributed by atoms with E-state index in [1.807, 2.05) is 33.8 Å². The number of nitrogens with two attached hydrogens (primary N) is 1. The third-order valence-corrected chi connectivity index (χ3v) is 4.23. The second kappa shape index (κ2) is 5.52. The minimum absolute atomic E-state index is 0.304. The average molecular weight is 356 g/mol. The van der Waals surface area contributed by atoms with Crippen LogP contribution in [0, 0.1) is 0 Å². The van der Waals surface area contributed by atoms with Gasteiger partial charge in [-0.25, -0.2) is 0 Å². The number of hydrogen-bond donors (Lipinski definition) is 2.